The van der Waals surface area contributed by atoms with Crippen molar-refractivity contribution in [1.82, 2.24) is 0 Å². The average Bonchev–Trinajstić information content (AvgIpc) is 2.37. The molecule has 0 N–H and O–H groups in total. The van der Waals surface area contributed by atoms with E-state index in [-0.39, 0.29) is 5.97 Å². The first-order valence-corrected chi connectivity index (χ1v) is 5.76. The van der Waals surface area contributed by atoms with Crippen LogP contribution in [0.4, 0.5) is 0 Å². The maximum absolute atomic E-state index is 11.2. The SMILES string of the molecule is COC(=O)CCc1c(C)ccc2ccccc12. The number of carbonyl (C=O) groups excluding carboxylic acids is 1. The highest BCUT2D eigenvalue weighted by molar-refractivity contribution is 5.87. The van der Waals surface area contributed by atoms with Gasteiger partial charge in [0.1, 0.15) is 0 Å². The monoisotopic (exact) mass is 228 g/mol. The Hall–Kier alpha value is -1.83. The lowest BCUT2D eigenvalue weighted by Gasteiger charge is -2.09. The zero-order valence-corrected chi connectivity index (χ0v) is 10.2. The van der Waals surface area contributed by atoms with Crippen LogP contribution in [0.1, 0.15) is 17.5 Å². The number of benzene rings is 2. The van der Waals surface area contributed by atoms with Crippen molar-refractivity contribution in [2.24, 2.45) is 0 Å². The summed E-state index contributed by atoms with van der Waals surface area (Å²) in [6.07, 6.45) is 1.17. The van der Waals surface area contributed by atoms with E-state index in [1.807, 2.05) is 12.1 Å². The molecular weight excluding hydrogens is 212 g/mol. The van der Waals surface area contributed by atoms with Gasteiger partial charge in [-0.1, -0.05) is 36.4 Å². The van der Waals surface area contributed by atoms with Gasteiger partial charge < -0.3 is 4.74 Å². The van der Waals surface area contributed by atoms with Crippen molar-refractivity contribution in [1.29, 1.82) is 0 Å². The van der Waals surface area contributed by atoms with E-state index in [1.54, 1.807) is 0 Å². The lowest BCUT2D eigenvalue weighted by Crippen LogP contribution is -2.03. The fourth-order valence-electron chi connectivity index (χ4n) is 2.11. The van der Waals surface area contributed by atoms with Crippen LogP contribution in [-0.4, -0.2) is 13.1 Å². The van der Waals surface area contributed by atoms with Crippen molar-refractivity contribution < 1.29 is 9.53 Å². The second-order valence-electron chi connectivity index (χ2n) is 4.16. The Morgan fingerprint density at radius 3 is 2.71 bits per heavy atom. The molecule has 0 saturated carbocycles. The smallest absolute Gasteiger partial charge is 0.305 e. The number of rotatable bonds is 3. The van der Waals surface area contributed by atoms with Gasteiger partial charge in [-0.05, 0) is 35.2 Å². The van der Waals surface area contributed by atoms with Gasteiger partial charge in [0.25, 0.3) is 0 Å². The topological polar surface area (TPSA) is 26.3 Å². The molecule has 2 heteroatoms. The van der Waals surface area contributed by atoms with Crippen molar-refractivity contribution in [2.45, 2.75) is 19.8 Å². The molecule has 0 atom stereocenters. The van der Waals surface area contributed by atoms with Gasteiger partial charge in [-0.3, -0.25) is 4.79 Å². The molecule has 0 aliphatic heterocycles. The highest BCUT2D eigenvalue weighted by atomic mass is 16.5. The number of ether oxygens (including phenoxy) is 1. The molecule has 2 rings (SSSR count). The number of methoxy groups -OCH3 is 1. The molecule has 0 radical (unpaired) electrons. The molecular formula is C15H16O2. The Kier molecular flexibility index (Phi) is 3.43. The van der Waals surface area contributed by atoms with Gasteiger partial charge in [0.2, 0.25) is 0 Å². The van der Waals surface area contributed by atoms with Gasteiger partial charge in [-0.25, -0.2) is 0 Å². The maximum Gasteiger partial charge on any atom is 0.305 e. The predicted octanol–water partition coefficient (Wildman–Crippen LogP) is 3.25. The molecule has 0 bridgehead atoms. The summed E-state index contributed by atoms with van der Waals surface area (Å²) in [5.74, 6) is -0.155. The zero-order chi connectivity index (χ0) is 12.3. The van der Waals surface area contributed by atoms with Gasteiger partial charge in [0, 0.05) is 6.42 Å². The first-order chi connectivity index (χ1) is 8.22. The van der Waals surface area contributed by atoms with Crippen LogP contribution in [0.25, 0.3) is 10.8 Å². The molecule has 2 aromatic carbocycles. The highest BCUT2D eigenvalue weighted by Crippen LogP contribution is 2.23. The lowest BCUT2D eigenvalue weighted by molar-refractivity contribution is -0.140. The van der Waals surface area contributed by atoms with Gasteiger partial charge in [0.05, 0.1) is 7.11 Å². The molecule has 0 unspecified atom stereocenters. The molecule has 0 saturated heterocycles. The van der Waals surface area contributed by atoms with E-state index < -0.39 is 0 Å². The number of hydrogen-bond acceptors (Lipinski definition) is 2. The molecule has 0 aromatic heterocycles. The average molecular weight is 228 g/mol. The molecule has 17 heavy (non-hydrogen) atoms. The van der Waals surface area contributed by atoms with Crippen LogP contribution < -0.4 is 0 Å². The first kappa shape index (κ1) is 11.6. The molecule has 2 aromatic rings. The summed E-state index contributed by atoms with van der Waals surface area (Å²) in [6.45, 7) is 2.08. The molecule has 0 heterocycles. The Bertz CT molecular complexity index is 544. The number of carbonyl (C=O) groups is 1. The summed E-state index contributed by atoms with van der Waals surface area (Å²) >= 11 is 0. The van der Waals surface area contributed by atoms with E-state index in [4.69, 9.17) is 0 Å². The molecule has 88 valence electrons. The van der Waals surface area contributed by atoms with Crippen molar-refractivity contribution in [3.8, 4) is 0 Å². The van der Waals surface area contributed by atoms with Crippen LogP contribution in [0, 0.1) is 6.92 Å². The minimum atomic E-state index is -0.155. The molecule has 2 nitrogen and oxygen atoms in total. The first-order valence-electron chi connectivity index (χ1n) is 5.76. The molecule has 0 fully saturated rings. The standard InChI is InChI=1S/C15H16O2/c1-11-7-8-12-5-3-4-6-14(12)13(11)9-10-15(16)17-2/h3-8H,9-10H2,1-2H3. The quantitative estimate of drug-likeness (QED) is 0.754. The summed E-state index contributed by atoms with van der Waals surface area (Å²) in [5, 5.41) is 2.45. The fraction of sp³-hybridized carbons (Fsp3) is 0.267. The van der Waals surface area contributed by atoms with E-state index in [0.717, 1.165) is 6.42 Å². The Morgan fingerprint density at radius 2 is 1.94 bits per heavy atom. The Labute approximate surface area is 101 Å². The Morgan fingerprint density at radius 1 is 1.18 bits per heavy atom. The predicted molar refractivity (Wildman–Crippen MR) is 69.0 cm³/mol. The second kappa shape index (κ2) is 5.00. The Balaban J connectivity index is 2.37. The molecule has 0 aliphatic rings. The molecule has 0 aliphatic carbocycles. The van der Waals surface area contributed by atoms with Crippen molar-refractivity contribution in [3.05, 3.63) is 47.5 Å². The maximum atomic E-state index is 11.2. The van der Waals surface area contributed by atoms with E-state index in [9.17, 15) is 4.79 Å². The third-order valence-corrected chi connectivity index (χ3v) is 3.08. The number of hydrogen-bond donors (Lipinski definition) is 0. The van der Waals surface area contributed by atoms with Crippen LogP contribution in [0.3, 0.4) is 0 Å². The fourth-order valence-corrected chi connectivity index (χ4v) is 2.11. The molecule has 0 amide bonds. The summed E-state index contributed by atoms with van der Waals surface area (Å²) in [7, 11) is 1.43. The lowest BCUT2D eigenvalue weighted by atomic mass is 9.96. The van der Waals surface area contributed by atoms with Crippen LogP contribution in [0.2, 0.25) is 0 Å². The summed E-state index contributed by atoms with van der Waals surface area (Å²) in [6, 6.07) is 12.5. The van der Waals surface area contributed by atoms with E-state index in [0.29, 0.717) is 6.42 Å². The largest absolute Gasteiger partial charge is 0.469 e. The zero-order valence-electron chi connectivity index (χ0n) is 10.2. The van der Waals surface area contributed by atoms with Crippen LogP contribution in [0.5, 0.6) is 0 Å². The van der Waals surface area contributed by atoms with Gasteiger partial charge >= 0.3 is 5.97 Å². The third-order valence-electron chi connectivity index (χ3n) is 3.08. The number of esters is 1. The number of fused-ring (bicyclic) bond motifs is 1. The van der Waals surface area contributed by atoms with Crippen molar-refractivity contribution in [3.63, 3.8) is 0 Å². The van der Waals surface area contributed by atoms with Crippen LogP contribution >= 0.6 is 0 Å². The minimum Gasteiger partial charge on any atom is -0.469 e. The summed E-state index contributed by atoms with van der Waals surface area (Å²) in [5.41, 5.74) is 2.47. The normalized spacial score (nSPS) is 10.5. The van der Waals surface area contributed by atoms with E-state index in [2.05, 4.69) is 35.9 Å². The second-order valence-corrected chi connectivity index (χ2v) is 4.16. The minimum absolute atomic E-state index is 0.155. The summed E-state index contributed by atoms with van der Waals surface area (Å²) in [4.78, 5) is 11.2. The third kappa shape index (κ3) is 2.47. The molecule has 0 spiro atoms. The van der Waals surface area contributed by atoms with Crippen molar-refractivity contribution in [2.75, 3.05) is 7.11 Å². The highest BCUT2D eigenvalue weighted by Gasteiger charge is 2.07. The van der Waals surface area contributed by atoms with Crippen LogP contribution in [0.15, 0.2) is 36.4 Å². The van der Waals surface area contributed by atoms with E-state index in [1.165, 1.54) is 29.0 Å². The van der Waals surface area contributed by atoms with Gasteiger partial charge in [0.15, 0.2) is 0 Å². The van der Waals surface area contributed by atoms with Crippen LogP contribution in [-0.2, 0) is 16.0 Å². The van der Waals surface area contributed by atoms with Gasteiger partial charge in [-0.15, -0.1) is 0 Å². The van der Waals surface area contributed by atoms with Gasteiger partial charge in [-0.2, -0.15) is 0 Å². The number of aryl methyl sites for hydroxylation is 2. The van der Waals surface area contributed by atoms with Crippen molar-refractivity contribution >= 4 is 16.7 Å². The summed E-state index contributed by atoms with van der Waals surface area (Å²) < 4.78 is 4.68. The van der Waals surface area contributed by atoms with E-state index >= 15 is 0 Å².